The van der Waals surface area contributed by atoms with Crippen LogP contribution in [0.2, 0.25) is 0 Å². The van der Waals surface area contributed by atoms with Crippen molar-refractivity contribution >= 4 is 9.84 Å². The molecule has 0 atom stereocenters. The molecular formula is C10H23NO2S. The molecule has 0 saturated heterocycles. The van der Waals surface area contributed by atoms with Crippen LogP contribution >= 0.6 is 0 Å². The van der Waals surface area contributed by atoms with Crippen LogP contribution in [0.25, 0.3) is 0 Å². The fourth-order valence-corrected chi connectivity index (χ4v) is 2.10. The van der Waals surface area contributed by atoms with Gasteiger partial charge in [-0.15, -0.1) is 0 Å². The zero-order valence-corrected chi connectivity index (χ0v) is 10.4. The van der Waals surface area contributed by atoms with E-state index >= 15 is 0 Å². The van der Waals surface area contributed by atoms with Crippen molar-refractivity contribution in [3.8, 4) is 0 Å². The van der Waals surface area contributed by atoms with Gasteiger partial charge in [0.1, 0.15) is 9.84 Å². The Morgan fingerprint density at radius 3 is 2.21 bits per heavy atom. The van der Waals surface area contributed by atoms with Gasteiger partial charge in [-0.25, -0.2) is 8.42 Å². The summed E-state index contributed by atoms with van der Waals surface area (Å²) >= 11 is 0. The Kier molecular flexibility index (Phi) is 5.67. The number of hydrogen-bond donors (Lipinski definition) is 1. The van der Waals surface area contributed by atoms with E-state index in [0.29, 0.717) is 12.3 Å². The van der Waals surface area contributed by atoms with E-state index in [1.807, 2.05) is 0 Å². The smallest absolute Gasteiger partial charge is 0.150 e. The standard InChI is InChI=1S/C10H23NO2S/c1-4-14(12,13)8-6-5-7-10(2,3)9-11/h4-9,11H2,1-3H3. The molecule has 3 nitrogen and oxygen atoms in total. The fourth-order valence-electron chi connectivity index (χ4n) is 1.17. The molecule has 86 valence electrons. The van der Waals surface area contributed by atoms with E-state index in [-0.39, 0.29) is 11.2 Å². The van der Waals surface area contributed by atoms with Crippen LogP contribution in [0.1, 0.15) is 40.0 Å². The normalized spacial score (nSPS) is 13.1. The number of unbranched alkanes of at least 4 members (excludes halogenated alkanes) is 1. The quantitative estimate of drug-likeness (QED) is 0.664. The Morgan fingerprint density at radius 2 is 1.79 bits per heavy atom. The van der Waals surface area contributed by atoms with Crippen molar-refractivity contribution in [1.29, 1.82) is 0 Å². The lowest BCUT2D eigenvalue weighted by molar-refractivity contribution is 0.335. The predicted molar refractivity (Wildman–Crippen MR) is 61.0 cm³/mol. The third kappa shape index (κ3) is 6.38. The summed E-state index contributed by atoms with van der Waals surface area (Å²) in [4.78, 5) is 0. The summed E-state index contributed by atoms with van der Waals surface area (Å²) in [5, 5.41) is 0. The van der Waals surface area contributed by atoms with Gasteiger partial charge in [-0.2, -0.15) is 0 Å². The highest BCUT2D eigenvalue weighted by atomic mass is 32.2. The van der Waals surface area contributed by atoms with E-state index in [9.17, 15) is 8.42 Å². The molecule has 14 heavy (non-hydrogen) atoms. The molecule has 0 spiro atoms. The molecule has 0 aromatic carbocycles. The molecule has 0 saturated carbocycles. The molecule has 0 fully saturated rings. The van der Waals surface area contributed by atoms with Gasteiger partial charge in [0.05, 0.1) is 5.75 Å². The maximum Gasteiger partial charge on any atom is 0.150 e. The van der Waals surface area contributed by atoms with Crippen LogP contribution in [0.5, 0.6) is 0 Å². The second kappa shape index (κ2) is 5.71. The van der Waals surface area contributed by atoms with Gasteiger partial charge >= 0.3 is 0 Å². The summed E-state index contributed by atoms with van der Waals surface area (Å²) in [7, 11) is -2.78. The topological polar surface area (TPSA) is 60.2 Å². The van der Waals surface area contributed by atoms with Gasteiger partial charge in [-0.1, -0.05) is 27.2 Å². The second-order valence-corrected chi connectivity index (χ2v) is 7.03. The molecule has 0 unspecified atom stereocenters. The lowest BCUT2D eigenvalue weighted by atomic mass is 9.88. The number of nitrogens with two attached hydrogens (primary N) is 1. The van der Waals surface area contributed by atoms with Gasteiger partial charge < -0.3 is 5.73 Å². The van der Waals surface area contributed by atoms with Gasteiger partial charge in [-0.05, 0) is 24.8 Å². The summed E-state index contributed by atoms with van der Waals surface area (Å²) in [6, 6.07) is 0. The molecule has 4 heteroatoms. The molecule has 0 rings (SSSR count). The number of sulfone groups is 1. The summed E-state index contributed by atoms with van der Waals surface area (Å²) < 4.78 is 22.3. The minimum atomic E-state index is -2.78. The van der Waals surface area contributed by atoms with E-state index in [4.69, 9.17) is 5.73 Å². The highest BCUT2D eigenvalue weighted by molar-refractivity contribution is 7.91. The van der Waals surface area contributed by atoms with Crippen LogP contribution in [-0.2, 0) is 9.84 Å². The molecule has 0 radical (unpaired) electrons. The molecule has 0 amide bonds. The number of hydrogen-bond acceptors (Lipinski definition) is 3. The molecule has 0 aliphatic heterocycles. The average molecular weight is 221 g/mol. The molecule has 0 aromatic heterocycles. The van der Waals surface area contributed by atoms with Crippen LogP contribution in [0, 0.1) is 5.41 Å². The molecule has 0 aliphatic rings. The van der Waals surface area contributed by atoms with Crippen molar-refractivity contribution in [2.75, 3.05) is 18.1 Å². The van der Waals surface area contributed by atoms with Gasteiger partial charge in [0.25, 0.3) is 0 Å². The third-order valence-corrected chi connectivity index (χ3v) is 4.34. The van der Waals surface area contributed by atoms with Crippen LogP contribution in [0.15, 0.2) is 0 Å². The predicted octanol–water partition coefficient (Wildman–Crippen LogP) is 1.58. The first kappa shape index (κ1) is 13.9. The van der Waals surface area contributed by atoms with Crippen LogP contribution < -0.4 is 5.73 Å². The zero-order chi connectivity index (χ0) is 11.2. The lowest BCUT2D eigenvalue weighted by Crippen LogP contribution is -2.23. The highest BCUT2D eigenvalue weighted by Crippen LogP contribution is 2.21. The maximum absolute atomic E-state index is 11.2. The van der Waals surface area contributed by atoms with Crippen molar-refractivity contribution in [2.45, 2.75) is 40.0 Å². The molecule has 0 aliphatic carbocycles. The first-order chi connectivity index (χ1) is 6.33. The van der Waals surface area contributed by atoms with Crippen molar-refractivity contribution in [1.82, 2.24) is 0 Å². The van der Waals surface area contributed by atoms with Crippen molar-refractivity contribution in [3.05, 3.63) is 0 Å². The van der Waals surface area contributed by atoms with Gasteiger partial charge in [0, 0.05) is 5.75 Å². The Bertz CT molecular complexity index is 245. The van der Waals surface area contributed by atoms with E-state index in [1.165, 1.54) is 0 Å². The van der Waals surface area contributed by atoms with E-state index < -0.39 is 9.84 Å². The van der Waals surface area contributed by atoms with Crippen LogP contribution in [-0.4, -0.2) is 26.5 Å². The Morgan fingerprint density at radius 1 is 1.21 bits per heavy atom. The van der Waals surface area contributed by atoms with Crippen molar-refractivity contribution in [3.63, 3.8) is 0 Å². The summed E-state index contributed by atoms with van der Waals surface area (Å²) in [6.07, 6.45) is 2.71. The Balaban J connectivity index is 3.68. The molecule has 0 heterocycles. The first-order valence-electron chi connectivity index (χ1n) is 5.23. The van der Waals surface area contributed by atoms with E-state index in [2.05, 4.69) is 13.8 Å². The lowest BCUT2D eigenvalue weighted by Gasteiger charge is -2.21. The van der Waals surface area contributed by atoms with E-state index in [0.717, 1.165) is 19.3 Å². The van der Waals surface area contributed by atoms with Crippen LogP contribution in [0.3, 0.4) is 0 Å². The first-order valence-corrected chi connectivity index (χ1v) is 7.05. The molecule has 2 N–H and O–H groups in total. The Labute approximate surface area is 88.0 Å². The third-order valence-electron chi connectivity index (χ3n) is 2.55. The van der Waals surface area contributed by atoms with Gasteiger partial charge in [-0.3, -0.25) is 0 Å². The monoisotopic (exact) mass is 221 g/mol. The Hall–Kier alpha value is -0.0900. The summed E-state index contributed by atoms with van der Waals surface area (Å²) in [5.41, 5.74) is 5.73. The fraction of sp³-hybridized carbons (Fsp3) is 1.00. The van der Waals surface area contributed by atoms with Gasteiger partial charge in [0.15, 0.2) is 0 Å². The SMILES string of the molecule is CCS(=O)(=O)CCCCC(C)(C)CN. The van der Waals surface area contributed by atoms with E-state index in [1.54, 1.807) is 6.92 Å². The molecule has 0 bridgehead atoms. The average Bonchev–Trinajstić information content (AvgIpc) is 2.13. The highest BCUT2D eigenvalue weighted by Gasteiger charge is 2.15. The van der Waals surface area contributed by atoms with Crippen LogP contribution in [0.4, 0.5) is 0 Å². The molecule has 0 aromatic rings. The summed E-state index contributed by atoms with van der Waals surface area (Å²) in [5.74, 6) is 0.581. The zero-order valence-electron chi connectivity index (χ0n) is 9.54. The largest absolute Gasteiger partial charge is 0.330 e. The van der Waals surface area contributed by atoms with Gasteiger partial charge in [0.2, 0.25) is 0 Å². The van der Waals surface area contributed by atoms with Crippen molar-refractivity contribution < 1.29 is 8.42 Å². The second-order valence-electron chi connectivity index (χ2n) is 4.56. The maximum atomic E-state index is 11.2. The summed E-state index contributed by atoms with van der Waals surface area (Å²) in [6.45, 7) is 6.58. The minimum Gasteiger partial charge on any atom is -0.330 e. The minimum absolute atomic E-state index is 0.149. The number of rotatable bonds is 7. The van der Waals surface area contributed by atoms with Crippen molar-refractivity contribution in [2.24, 2.45) is 11.1 Å². The molecular weight excluding hydrogens is 198 g/mol.